The van der Waals surface area contributed by atoms with E-state index in [1.807, 2.05) is 6.07 Å². The van der Waals surface area contributed by atoms with Gasteiger partial charge in [0.25, 0.3) is 0 Å². The molecule has 1 aromatic rings. The molecule has 3 heteroatoms. The molecule has 0 amide bonds. The monoisotopic (exact) mass is 180 g/mol. The van der Waals surface area contributed by atoms with Crippen LogP contribution in [0.2, 0.25) is 0 Å². The molecule has 0 radical (unpaired) electrons. The van der Waals surface area contributed by atoms with E-state index in [9.17, 15) is 4.79 Å². The van der Waals surface area contributed by atoms with E-state index >= 15 is 0 Å². The zero-order chi connectivity index (χ0) is 10.1. The third-order valence-electron chi connectivity index (χ3n) is 1.27. The first kappa shape index (κ1) is 11.4. The van der Waals surface area contributed by atoms with Gasteiger partial charge in [-0.2, -0.15) is 0 Å². The van der Waals surface area contributed by atoms with E-state index in [1.54, 1.807) is 25.3 Å². The van der Waals surface area contributed by atoms with Gasteiger partial charge in [0.05, 0.1) is 12.7 Å². The zero-order valence-electron chi connectivity index (χ0n) is 7.69. The van der Waals surface area contributed by atoms with Crippen LogP contribution in [0, 0.1) is 0 Å². The highest BCUT2D eigenvalue weighted by molar-refractivity contribution is 5.79. The van der Waals surface area contributed by atoms with Crippen LogP contribution in [0.3, 0.4) is 0 Å². The van der Waals surface area contributed by atoms with Gasteiger partial charge in [-0.05, 0) is 19.1 Å². The highest BCUT2D eigenvalue weighted by Crippen LogP contribution is 2.13. The van der Waals surface area contributed by atoms with E-state index < -0.39 is 0 Å². The van der Waals surface area contributed by atoms with E-state index in [1.165, 1.54) is 6.92 Å². The van der Waals surface area contributed by atoms with Crippen molar-refractivity contribution >= 4 is 12.6 Å². The highest BCUT2D eigenvalue weighted by atomic mass is 16.5. The smallest absolute Gasteiger partial charge is 0.153 e. The molecule has 0 atom stereocenters. The number of hydrogen-bond acceptors (Lipinski definition) is 3. The zero-order valence-corrected chi connectivity index (χ0v) is 7.69. The minimum absolute atomic E-state index is 0.588. The molecule has 0 N–H and O–H groups in total. The Labute approximate surface area is 77.3 Å². The van der Waals surface area contributed by atoms with Crippen molar-refractivity contribution in [2.75, 3.05) is 7.11 Å². The maximum absolute atomic E-state index is 10.3. The van der Waals surface area contributed by atoms with Gasteiger partial charge in [-0.15, -0.1) is 0 Å². The quantitative estimate of drug-likeness (QED) is 0.651. The molecule has 0 aliphatic carbocycles. The van der Waals surface area contributed by atoms with Crippen LogP contribution in [0.4, 0.5) is 0 Å². The molecular formula is C10H12O3. The second kappa shape index (κ2) is 7.03. The SMILES string of the molecule is CC=O.COc1ccccc1C=O. The van der Waals surface area contributed by atoms with E-state index in [2.05, 4.69) is 0 Å². The summed E-state index contributed by atoms with van der Waals surface area (Å²) in [5.74, 6) is 0.623. The van der Waals surface area contributed by atoms with Gasteiger partial charge in [0.15, 0.2) is 6.29 Å². The number of para-hydroxylation sites is 1. The van der Waals surface area contributed by atoms with Crippen molar-refractivity contribution in [3.63, 3.8) is 0 Å². The Morgan fingerprint density at radius 1 is 1.23 bits per heavy atom. The fourth-order valence-electron chi connectivity index (χ4n) is 0.764. The Morgan fingerprint density at radius 2 is 1.77 bits per heavy atom. The lowest BCUT2D eigenvalue weighted by Crippen LogP contribution is -1.88. The van der Waals surface area contributed by atoms with Gasteiger partial charge < -0.3 is 9.53 Å². The minimum atomic E-state index is 0.588. The second-order valence-electron chi connectivity index (χ2n) is 2.10. The van der Waals surface area contributed by atoms with E-state index in [0.717, 1.165) is 12.6 Å². The summed E-state index contributed by atoms with van der Waals surface area (Å²) in [6, 6.07) is 7.09. The van der Waals surface area contributed by atoms with Gasteiger partial charge in [0, 0.05) is 0 Å². The first-order chi connectivity index (χ1) is 6.29. The molecular weight excluding hydrogens is 168 g/mol. The molecule has 70 valence electrons. The van der Waals surface area contributed by atoms with Crippen LogP contribution < -0.4 is 4.74 Å². The maximum atomic E-state index is 10.3. The van der Waals surface area contributed by atoms with Gasteiger partial charge in [-0.1, -0.05) is 12.1 Å². The summed E-state index contributed by atoms with van der Waals surface area (Å²) in [7, 11) is 1.54. The third-order valence-corrected chi connectivity index (χ3v) is 1.27. The molecule has 0 heterocycles. The number of aldehydes is 2. The van der Waals surface area contributed by atoms with Crippen LogP contribution in [-0.2, 0) is 4.79 Å². The summed E-state index contributed by atoms with van der Waals surface area (Å²) in [6.07, 6.45) is 1.53. The Bertz CT molecular complexity index is 269. The van der Waals surface area contributed by atoms with E-state index in [0.29, 0.717) is 11.3 Å². The molecule has 0 unspecified atom stereocenters. The molecule has 0 saturated heterocycles. The molecule has 0 fully saturated rings. The lowest BCUT2D eigenvalue weighted by Gasteiger charge is -1.99. The third kappa shape index (κ3) is 4.06. The first-order valence-electron chi connectivity index (χ1n) is 3.78. The van der Waals surface area contributed by atoms with Crippen molar-refractivity contribution in [3.05, 3.63) is 29.8 Å². The van der Waals surface area contributed by atoms with E-state index in [-0.39, 0.29) is 0 Å². The molecule has 0 bridgehead atoms. The van der Waals surface area contributed by atoms with Crippen molar-refractivity contribution in [1.29, 1.82) is 0 Å². The molecule has 13 heavy (non-hydrogen) atoms. The first-order valence-corrected chi connectivity index (χ1v) is 3.78. The molecule has 3 nitrogen and oxygen atoms in total. The van der Waals surface area contributed by atoms with Gasteiger partial charge >= 0.3 is 0 Å². The topological polar surface area (TPSA) is 43.4 Å². The number of hydrogen-bond donors (Lipinski definition) is 0. The highest BCUT2D eigenvalue weighted by Gasteiger charge is 1.96. The van der Waals surface area contributed by atoms with Crippen molar-refractivity contribution in [1.82, 2.24) is 0 Å². The van der Waals surface area contributed by atoms with Crippen LogP contribution in [0.25, 0.3) is 0 Å². The Balaban J connectivity index is 0.000000424. The summed E-state index contributed by atoms with van der Waals surface area (Å²) in [6.45, 7) is 1.44. The number of carbonyl (C=O) groups is 2. The Kier molecular flexibility index (Phi) is 6.15. The summed E-state index contributed by atoms with van der Waals surface area (Å²) in [5.41, 5.74) is 0.588. The average Bonchev–Trinajstić information content (AvgIpc) is 2.19. The van der Waals surface area contributed by atoms with Crippen molar-refractivity contribution in [3.8, 4) is 5.75 Å². The molecule has 0 aromatic heterocycles. The number of ether oxygens (including phenoxy) is 1. The second-order valence-corrected chi connectivity index (χ2v) is 2.10. The number of rotatable bonds is 2. The summed E-state index contributed by atoms with van der Waals surface area (Å²) in [4.78, 5) is 19.1. The van der Waals surface area contributed by atoms with Gasteiger partial charge in [0.1, 0.15) is 12.0 Å². The molecule has 0 saturated carbocycles. The van der Waals surface area contributed by atoms with Crippen molar-refractivity contribution < 1.29 is 14.3 Å². The van der Waals surface area contributed by atoms with Crippen molar-refractivity contribution in [2.45, 2.75) is 6.92 Å². The molecule has 0 aliphatic heterocycles. The molecule has 1 rings (SSSR count). The molecule has 0 aliphatic rings. The van der Waals surface area contributed by atoms with Gasteiger partial charge in [-0.3, -0.25) is 4.79 Å². The maximum Gasteiger partial charge on any atom is 0.153 e. The average molecular weight is 180 g/mol. The fourth-order valence-corrected chi connectivity index (χ4v) is 0.764. The predicted octanol–water partition coefficient (Wildman–Crippen LogP) is 1.71. The summed E-state index contributed by atoms with van der Waals surface area (Å²) >= 11 is 0. The fraction of sp³-hybridized carbons (Fsp3) is 0.200. The minimum Gasteiger partial charge on any atom is -0.496 e. The van der Waals surface area contributed by atoms with Crippen LogP contribution in [0.15, 0.2) is 24.3 Å². The summed E-state index contributed by atoms with van der Waals surface area (Å²) < 4.78 is 4.90. The van der Waals surface area contributed by atoms with Gasteiger partial charge in [0.2, 0.25) is 0 Å². The number of benzene rings is 1. The largest absolute Gasteiger partial charge is 0.496 e. The molecule has 1 aromatic carbocycles. The predicted molar refractivity (Wildman–Crippen MR) is 50.1 cm³/mol. The number of methoxy groups -OCH3 is 1. The van der Waals surface area contributed by atoms with E-state index in [4.69, 9.17) is 9.53 Å². The lowest BCUT2D eigenvalue weighted by atomic mass is 10.2. The number of carbonyl (C=O) groups excluding carboxylic acids is 2. The normalized spacial score (nSPS) is 7.85. The Hall–Kier alpha value is -1.64. The standard InChI is InChI=1S/C8H8O2.C2H4O/c1-10-8-5-3-2-4-7(8)6-9;1-2-3/h2-6H,1H3;2H,1H3. The van der Waals surface area contributed by atoms with Crippen LogP contribution >= 0.6 is 0 Å². The lowest BCUT2D eigenvalue weighted by molar-refractivity contribution is -0.106. The molecule has 0 spiro atoms. The van der Waals surface area contributed by atoms with Crippen LogP contribution in [0.1, 0.15) is 17.3 Å². The Morgan fingerprint density at radius 3 is 2.15 bits per heavy atom. The summed E-state index contributed by atoms with van der Waals surface area (Å²) in [5, 5.41) is 0. The van der Waals surface area contributed by atoms with Crippen LogP contribution in [0.5, 0.6) is 5.75 Å². The van der Waals surface area contributed by atoms with Crippen LogP contribution in [-0.4, -0.2) is 19.7 Å². The van der Waals surface area contributed by atoms with Crippen molar-refractivity contribution in [2.24, 2.45) is 0 Å². The van der Waals surface area contributed by atoms with Gasteiger partial charge in [-0.25, -0.2) is 0 Å².